The molecule has 0 bridgehead atoms. The Morgan fingerprint density at radius 2 is 1.80 bits per heavy atom. The summed E-state index contributed by atoms with van der Waals surface area (Å²) in [6.07, 6.45) is 0. The summed E-state index contributed by atoms with van der Waals surface area (Å²) >= 11 is 2.01. The lowest BCUT2D eigenvalue weighted by Gasteiger charge is -2.08. The first-order valence-electron chi connectivity index (χ1n) is 4.47. The van der Waals surface area contributed by atoms with Crippen molar-refractivity contribution in [2.24, 2.45) is 0 Å². The van der Waals surface area contributed by atoms with E-state index in [9.17, 15) is 13.5 Å². The third-order valence-electron chi connectivity index (χ3n) is 2.26. The van der Waals surface area contributed by atoms with Gasteiger partial charge in [0.25, 0.3) is 0 Å². The van der Waals surface area contributed by atoms with E-state index < -0.39 is 9.84 Å². The zero-order valence-electron chi connectivity index (χ0n) is 8.62. The van der Waals surface area contributed by atoms with Gasteiger partial charge in [0, 0.05) is 4.43 Å². The first-order valence-corrected chi connectivity index (χ1v) is 7.65. The Hall–Kier alpha value is -0.300. The lowest BCUT2D eigenvalue weighted by molar-refractivity contribution is 0.458. The van der Waals surface area contributed by atoms with Gasteiger partial charge in [-0.25, -0.2) is 8.42 Å². The molecular weight excluding hydrogens is 327 g/mol. The minimum atomic E-state index is -3.34. The van der Waals surface area contributed by atoms with Crippen molar-refractivity contribution in [3.63, 3.8) is 0 Å². The summed E-state index contributed by atoms with van der Waals surface area (Å²) in [7, 11) is -3.34. The summed E-state index contributed by atoms with van der Waals surface area (Å²) in [5.74, 6) is -0.0909. The highest BCUT2D eigenvalue weighted by molar-refractivity contribution is 14.1. The van der Waals surface area contributed by atoms with E-state index >= 15 is 0 Å². The summed E-state index contributed by atoms with van der Waals surface area (Å²) in [5, 5.41) is 9.60. The van der Waals surface area contributed by atoms with E-state index in [2.05, 4.69) is 0 Å². The standard InChI is InChI=1S/C10H13IO3S/c1-7-5-9(12)10(6-8(7)2)15(13,14)4-3-11/h5-6,12H,3-4H2,1-2H3. The van der Waals surface area contributed by atoms with Gasteiger partial charge in [0.05, 0.1) is 5.75 Å². The van der Waals surface area contributed by atoms with Gasteiger partial charge in [-0.05, 0) is 37.1 Å². The van der Waals surface area contributed by atoms with E-state index in [1.165, 1.54) is 12.1 Å². The topological polar surface area (TPSA) is 54.4 Å². The number of hydrogen-bond acceptors (Lipinski definition) is 3. The molecule has 84 valence electrons. The lowest BCUT2D eigenvalue weighted by Crippen LogP contribution is -2.08. The summed E-state index contributed by atoms with van der Waals surface area (Å²) < 4.78 is 24.0. The molecule has 1 N–H and O–H groups in total. The molecule has 0 aliphatic heterocycles. The Bertz CT molecular complexity index is 466. The minimum Gasteiger partial charge on any atom is -0.507 e. The smallest absolute Gasteiger partial charge is 0.182 e. The maximum absolute atomic E-state index is 11.8. The highest BCUT2D eigenvalue weighted by Gasteiger charge is 2.18. The van der Waals surface area contributed by atoms with Crippen LogP contribution < -0.4 is 0 Å². The van der Waals surface area contributed by atoms with Crippen molar-refractivity contribution in [1.82, 2.24) is 0 Å². The highest BCUT2D eigenvalue weighted by Crippen LogP contribution is 2.27. The van der Waals surface area contributed by atoms with Crippen molar-refractivity contribution in [3.8, 4) is 5.75 Å². The van der Waals surface area contributed by atoms with E-state index in [-0.39, 0.29) is 16.4 Å². The van der Waals surface area contributed by atoms with Crippen LogP contribution >= 0.6 is 22.6 Å². The predicted molar refractivity (Wildman–Crippen MR) is 68.5 cm³/mol. The second kappa shape index (κ2) is 4.69. The Morgan fingerprint density at radius 3 is 2.33 bits per heavy atom. The van der Waals surface area contributed by atoms with Gasteiger partial charge in [-0.15, -0.1) is 0 Å². The van der Waals surface area contributed by atoms with Crippen molar-refractivity contribution in [2.75, 3.05) is 10.2 Å². The average Bonchev–Trinajstić information content (AvgIpc) is 2.11. The van der Waals surface area contributed by atoms with Gasteiger partial charge in [-0.1, -0.05) is 22.6 Å². The molecule has 0 spiro atoms. The van der Waals surface area contributed by atoms with E-state index in [4.69, 9.17) is 0 Å². The highest BCUT2D eigenvalue weighted by atomic mass is 127. The number of hydrogen-bond donors (Lipinski definition) is 1. The fourth-order valence-electron chi connectivity index (χ4n) is 1.24. The van der Waals surface area contributed by atoms with E-state index in [1.807, 2.05) is 36.4 Å². The van der Waals surface area contributed by atoms with Crippen LogP contribution in [0.3, 0.4) is 0 Å². The molecule has 1 aromatic carbocycles. The fraction of sp³-hybridized carbons (Fsp3) is 0.400. The number of aryl methyl sites for hydroxylation is 2. The molecule has 1 rings (SSSR count). The maximum Gasteiger partial charge on any atom is 0.182 e. The number of phenolic OH excluding ortho intramolecular Hbond substituents is 1. The third-order valence-corrected chi connectivity index (χ3v) is 5.27. The molecule has 0 heterocycles. The summed E-state index contributed by atoms with van der Waals surface area (Å²) in [6.45, 7) is 3.67. The van der Waals surface area contributed by atoms with Crippen molar-refractivity contribution in [3.05, 3.63) is 23.3 Å². The molecule has 0 fully saturated rings. The Morgan fingerprint density at radius 1 is 1.27 bits per heavy atom. The van der Waals surface area contributed by atoms with Crippen LogP contribution in [0.4, 0.5) is 0 Å². The van der Waals surface area contributed by atoms with Crippen molar-refractivity contribution in [1.29, 1.82) is 0 Å². The van der Waals surface area contributed by atoms with Crippen LogP contribution in [0, 0.1) is 13.8 Å². The normalized spacial score (nSPS) is 11.7. The van der Waals surface area contributed by atoms with Crippen LogP contribution in [0.5, 0.6) is 5.75 Å². The number of alkyl halides is 1. The molecule has 0 radical (unpaired) electrons. The lowest BCUT2D eigenvalue weighted by atomic mass is 10.1. The molecule has 0 unspecified atom stereocenters. The minimum absolute atomic E-state index is 0.0438. The maximum atomic E-state index is 11.8. The Kier molecular flexibility index (Phi) is 3.99. The molecule has 15 heavy (non-hydrogen) atoms. The molecule has 3 nitrogen and oxygen atoms in total. The van der Waals surface area contributed by atoms with Gasteiger partial charge in [0.1, 0.15) is 10.6 Å². The van der Waals surface area contributed by atoms with Crippen LogP contribution in [0.1, 0.15) is 11.1 Å². The van der Waals surface area contributed by atoms with Gasteiger partial charge >= 0.3 is 0 Å². The molecule has 1 aromatic rings. The first kappa shape index (κ1) is 12.8. The Labute approximate surface area is 104 Å². The van der Waals surface area contributed by atoms with E-state index in [1.54, 1.807) is 0 Å². The number of benzene rings is 1. The van der Waals surface area contributed by atoms with E-state index in [0.717, 1.165) is 11.1 Å². The number of phenols is 1. The number of rotatable bonds is 3. The Balaban J connectivity index is 3.33. The summed E-state index contributed by atoms with van der Waals surface area (Å²) in [4.78, 5) is 0.0438. The zero-order chi connectivity index (χ0) is 11.6. The second-order valence-corrected chi connectivity index (χ2v) is 6.57. The number of halogens is 1. The second-order valence-electron chi connectivity index (χ2n) is 3.41. The van der Waals surface area contributed by atoms with Crippen molar-refractivity contribution < 1.29 is 13.5 Å². The number of aromatic hydroxyl groups is 1. The zero-order valence-corrected chi connectivity index (χ0v) is 11.6. The monoisotopic (exact) mass is 340 g/mol. The molecule has 0 aliphatic carbocycles. The summed E-state index contributed by atoms with van der Waals surface area (Å²) in [6, 6.07) is 3.03. The van der Waals surface area contributed by atoms with E-state index in [0.29, 0.717) is 4.43 Å². The van der Waals surface area contributed by atoms with Crippen LogP contribution in [-0.4, -0.2) is 23.7 Å². The van der Waals surface area contributed by atoms with Gasteiger partial charge in [-0.3, -0.25) is 0 Å². The molecule has 0 amide bonds. The molecule has 5 heteroatoms. The van der Waals surface area contributed by atoms with Crippen LogP contribution in [-0.2, 0) is 9.84 Å². The van der Waals surface area contributed by atoms with Gasteiger partial charge in [0.2, 0.25) is 0 Å². The largest absolute Gasteiger partial charge is 0.507 e. The number of sulfone groups is 1. The predicted octanol–water partition coefficient (Wildman–Crippen LogP) is 2.22. The van der Waals surface area contributed by atoms with Gasteiger partial charge in [0.15, 0.2) is 9.84 Å². The molecule has 0 aliphatic rings. The molecular formula is C10H13IO3S. The van der Waals surface area contributed by atoms with Crippen LogP contribution in [0.15, 0.2) is 17.0 Å². The first-order chi connectivity index (χ1) is 6.88. The van der Waals surface area contributed by atoms with Crippen molar-refractivity contribution >= 4 is 32.4 Å². The average molecular weight is 340 g/mol. The SMILES string of the molecule is Cc1cc(O)c(S(=O)(=O)CCI)cc1C. The molecule has 0 aromatic heterocycles. The molecule has 0 saturated heterocycles. The molecule has 0 atom stereocenters. The molecule has 0 saturated carbocycles. The summed E-state index contributed by atoms with van der Waals surface area (Å²) in [5.41, 5.74) is 1.76. The third kappa shape index (κ3) is 2.84. The van der Waals surface area contributed by atoms with Gasteiger partial charge in [-0.2, -0.15) is 0 Å². The fourth-order valence-corrected chi connectivity index (χ4v) is 4.13. The van der Waals surface area contributed by atoms with Crippen LogP contribution in [0.2, 0.25) is 0 Å². The van der Waals surface area contributed by atoms with Gasteiger partial charge < -0.3 is 5.11 Å². The quantitative estimate of drug-likeness (QED) is 0.678. The van der Waals surface area contributed by atoms with Crippen molar-refractivity contribution in [2.45, 2.75) is 18.7 Å². The van der Waals surface area contributed by atoms with Crippen LogP contribution in [0.25, 0.3) is 0 Å².